The molecule has 0 saturated carbocycles. The Balaban J connectivity index is 2.58. The molecule has 0 radical (unpaired) electrons. The third-order valence-corrected chi connectivity index (χ3v) is 1.27. The van der Waals surface area contributed by atoms with E-state index in [9.17, 15) is 0 Å². The van der Waals surface area contributed by atoms with E-state index >= 15 is 0 Å². The van der Waals surface area contributed by atoms with Gasteiger partial charge in [-0.2, -0.15) is 0 Å². The largest absolute Gasteiger partial charge is 0.459 e. The van der Waals surface area contributed by atoms with Crippen molar-refractivity contribution in [3.8, 4) is 0 Å². The highest BCUT2D eigenvalue weighted by Gasteiger charge is 2.10. The number of hydrogen-bond donors (Lipinski definition) is 0. The smallest absolute Gasteiger partial charge is 0.230 e. The minimum Gasteiger partial charge on any atom is -0.459 e. The molecule has 0 saturated heterocycles. The van der Waals surface area contributed by atoms with Gasteiger partial charge in [-0.15, -0.1) is 11.6 Å². The summed E-state index contributed by atoms with van der Waals surface area (Å²) in [6.45, 7) is 2.17. The van der Waals surface area contributed by atoms with Crippen molar-refractivity contribution < 1.29 is 9.47 Å². The van der Waals surface area contributed by atoms with Gasteiger partial charge in [0.05, 0.1) is 5.88 Å². The number of halogens is 1. The fraction of sp³-hybridized carbons (Fsp3) is 0.600. The Morgan fingerprint density at radius 3 is 2.62 bits per heavy atom. The summed E-state index contributed by atoms with van der Waals surface area (Å²) in [6.07, 6.45) is 0. The summed E-state index contributed by atoms with van der Waals surface area (Å²) in [5, 5.41) is 0. The summed E-state index contributed by atoms with van der Waals surface area (Å²) in [5.74, 6) is 1.97. The summed E-state index contributed by atoms with van der Waals surface area (Å²) in [6, 6.07) is 0. The van der Waals surface area contributed by atoms with Gasteiger partial charge in [-0.05, 0) is 6.92 Å². The fourth-order valence-electron chi connectivity index (χ4n) is 0.504. The molecule has 0 aromatic rings. The minimum absolute atomic E-state index is 0.327. The molecule has 0 atom stereocenters. The molecule has 0 fully saturated rings. The molecule has 46 valence electrons. The van der Waals surface area contributed by atoms with Crippen molar-refractivity contribution >= 4 is 11.6 Å². The maximum atomic E-state index is 5.44. The van der Waals surface area contributed by atoms with Crippen molar-refractivity contribution in [2.75, 3.05) is 12.7 Å². The number of alkyl halides is 1. The van der Waals surface area contributed by atoms with Gasteiger partial charge in [0.25, 0.3) is 0 Å². The number of hydrogen-bond acceptors (Lipinski definition) is 2. The van der Waals surface area contributed by atoms with Crippen LogP contribution in [-0.2, 0) is 9.47 Å². The molecule has 2 nitrogen and oxygen atoms in total. The van der Waals surface area contributed by atoms with Crippen LogP contribution in [0.1, 0.15) is 6.92 Å². The lowest BCUT2D eigenvalue weighted by Crippen LogP contribution is -1.85. The molecule has 1 aliphatic rings. The lowest BCUT2D eigenvalue weighted by atomic mass is 10.5. The van der Waals surface area contributed by atoms with Gasteiger partial charge in [0.2, 0.25) is 6.79 Å². The summed E-state index contributed by atoms with van der Waals surface area (Å²) in [4.78, 5) is 0. The highest BCUT2D eigenvalue weighted by molar-refractivity contribution is 6.19. The Morgan fingerprint density at radius 1 is 1.62 bits per heavy atom. The minimum atomic E-state index is 0.327. The van der Waals surface area contributed by atoms with Gasteiger partial charge in [0.1, 0.15) is 5.76 Å². The van der Waals surface area contributed by atoms with E-state index in [1.165, 1.54) is 0 Å². The van der Waals surface area contributed by atoms with Crippen LogP contribution in [0, 0.1) is 0 Å². The van der Waals surface area contributed by atoms with E-state index in [1.807, 2.05) is 6.92 Å². The second-order valence-electron chi connectivity index (χ2n) is 1.52. The molecule has 0 amide bonds. The monoisotopic (exact) mass is 134 g/mol. The summed E-state index contributed by atoms with van der Waals surface area (Å²) >= 11 is 5.44. The normalized spacial score (nSPS) is 18.2. The first kappa shape index (κ1) is 5.76. The highest BCUT2D eigenvalue weighted by Crippen LogP contribution is 2.15. The molecule has 1 aliphatic heterocycles. The number of ether oxygens (including phenoxy) is 2. The molecule has 0 bridgehead atoms. The van der Waals surface area contributed by atoms with E-state index in [0.717, 1.165) is 11.5 Å². The predicted molar refractivity (Wildman–Crippen MR) is 30.5 cm³/mol. The Hall–Kier alpha value is -0.370. The molecule has 0 N–H and O–H groups in total. The van der Waals surface area contributed by atoms with Crippen molar-refractivity contribution in [3.05, 3.63) is 11.5 Å². The first-order valence-electron chi connectivity index (χ1n) is 2.36. The maximum absolute atomic E-state index is 5.44. The van der Waals surface area contributed by atoms with E-state index in [1.54, 1.807) is 0 Å². The van der Waals surface area contributed by atoms with Crippen molar-refractivity contribution in [2.45, 2.75) is 6.92 Å². The maximum Gasteiger partial charge on any atom is 0.230 e. The van der Waals surface area contributed by atoms with Gasteiger partial charge in [-0.25, -0.2) is 0 Å². The molecular weight excluding hydrogens is 128 g/mol. The number of rotatable bonds is 1. The Morgan fingerprint density at radius 2 is 2.38 bits per heavy atom. The van der Waals surface area contributed by atoms with Crippen LogP contribution in [0.3, 0.4) is 0 Å². The van der Waals surface area contributed by atoms with Gasteiger partial charge >= 0.3 is 0 Å². The second kappa shape index (κ2) is 2.27. The zero-order valence-electron chi connectivity index (χ0n) is 4.61. The zero-order valence-corrected chi connectivity index (χ0v) is 5.36. The Bertz CT molecular complexity index is 120. The van der Waals surface area contributed by atoms with Crippen molar-refractivity contribution in [3.63, 3.8) is 0 Å². The number of allylic oxidation sites excluding steroid dienone is 2. The first-order chi connectivity index (χ1) is 3.84. The quantitative estimate of drug-likeness (QED) is 0.506. The summed E-state index contributed by atoms with van der Waals surface area (Å²) < 4.78 is 9.87. The van der Waals surface area contributed by atoms with Crippen LogP contribution in [-0.4, -0.2) is 12.7 Å². The Labute approximate surface area is 53.0 Å². The van der Waals surface area contributed by atoms with E-state index in [-0.39, 0.29) is 0 Å². The highest BCUT2D eigenvalue weighted by atomic mass is 35.5. The third-order valence-electron chi connectivity index (χ3n) is 1.02. The van der Waals surface area contributed by atoms with Gasteiger partial charge < -0.3 is 9.47 Å². The van der Waals surface area contributed by atoms with Crippen molar-refractivity contribution in [1.82, 2.24) is 0 Å². The molecule has 1 heterocycles. The van der Waals surface area contributed by atoms with E-state index < -0.39 is 0 Å². The molecule has 1 rings (SSSR count). The Kier molecular flexibility index (Phi) is 1.63. The zero-order chi connectivity index (χ0) is 5.98. The van der Waals surface area contributed by atoms with Crippen LogP contribution in [0.4, 0.5) is 0 Å². The van der Waals surface area contributed by atoms with Crippen LogP contribution < -0.4 is 0 Å². The van der Waals surface area contributed by atoms with Gasteiger partial charge in [-0.1, -0.05) is 0 Å². The molecule has 0 unspecified atom stereocenters. The molecule has 8 heavy (non-hydrogen) atoms. The van der Waals surface area contributed by atoms with Crippen LogP contribution in [0.25, 0.3) is 0 Å². The first-order valence-corrected chi connectivity index (χ1v) is 2.89. The molecule has 0 aromatic carbocycles. The lowest BCUT2D eigenvalue weighted by Gasteiger charge is -1.90. The van der Waals surface area contributed by atoms with Crippen LogP contribution >= 0.6 is 11.6 Å². The van der Waals surface area contributed by atoms with Gasteiger partial charge in [-0.3, -0.25) is 0 Å². The van der Waals surface area contributed by atoms with Crippen LogP contribution in [0.5, 0.6) is 0 Å². The average Bonchev–Trinajstić information content (AvgIpc) is 2.14. The fourth-order valence-corrected chi connectivity index (χ4v) is 0.769. The van der Waals surface area contributed by atoms with Crippen molar-refractivity contribution in [2.24, 2.45) is 0 Å². The molecular formula is C5H7ClO2. The topological polar surface area (TPSA) is 18.5 Å². The molecule has 0 spiro atoms. The third kappa shape index (κ3) is 0.892. The average molecular weight is 135 g/mol. The van der Waals surface area contributed by atoms with Gasteiger partial charge in [0, 0.05) is 0 Å². The molecule has 3 heteroatoms. The van der Waals surface area contributed by atoms with Crippen LogP contribution in [0.2, 0.25) is 0 Å². The molecule has 0 aromatic heterocycles. The van der Waals surface area contributed by atoms with E-state index in [2.05, 4.69) is 0 Å². The lowest BCUT2D eigenvalue weighted by molar-refractivity contribution is 0.0727. The summed E-state index contributed by atoms with van der Waals surface area (Å²) in [5.41, 5.74) is 0. The van der Waals surface area contributed by atoms with Gasteiger partial charge in [0.15, 0.2) is 5.76 Å². The van der Waals surface area contributed by atoms with E-state index in [4.69, 9.17) is 21.1 Å². The van der Waals surface area contributed by atoms with Crippen LogP contribution in [0.15, 0.2) is 11.5 Å². The predicted octanol–water partition coefficient (Wildman–Crippen LogP) is 1.46. The second-order valence-corrected chi connectivity index (χ2v) is 1.79. The SMILES string of the molecule is CC1=C(CCl)OCO1. The molecule has 0 aliphatic carbocycles. The van der Waals surface area contributed by atoms with Crippen molar-refractivity contribution in [1.29, 1.82) is 0 Å². The summed E-state index contributed by atoms with van der Waals surface area (Å²) in [7, 11) is 0. The van der Waals surface area contributed by atoms with E-state index in [0.29, 0.717) is 12.7 Å². The standard InChI is InChI=1S/C5H7ClO2/c1-4-5(2-6)8-3-7-4/h2-3H2,1H3.